The third-order valence-electron chi connectivity index (χ3n) is 2.96. The van der Waals surface area contributed by atoms with Crippen molar-refractivity contribution in [1.82, 2.24) is 0 Å². The Morgan fingerprint density at radius 3 is 2.32 bits per heavy atom. The van der Waals surface area contributed by atoms with Gasteiger partial charge in [-0.2, -0.15) is 0 Å². The molecule has 98 valence electrons. The van der Waals surface area contributed by atoms with Gasteiger partial charge in [-0.05, 0) is 36.1 Å². The summed E-state index contributed by atoms with van der Waals surface area (Å²) in [5, 5.41) is 0. The minimum absolute atomic E-state index is 0.589. The van der Waals surface area contributed by atoms with Gasteiger partial charge in [-0.3, -0.25) is 0 Å². The minimum atomic E-state index is 0.589. The van der Waals surface area contributed by atoms with Crippen LogP contribution in [0.2, 0.25) is 0 Å². The van der Waals surface area contributed by atoms with Gasteiger partial charge in [0.15, 0.2) is 0 Å². The Morgan fingerprint density at radius 1 is 0.895 bits per heavy atom. The number of unbranched alkanes of at least 4 members (excludes halogenated alkanes) is 1. The van der Waals surface area contributed by atoms with Crippen molar-refractivity contribution >= 4 is 6.29 Å². The van der Waals surface area contributed by atoms with E-state index in [0.717, 1.165) is 30.4 Å². The number of carbonyl (C=O) groups is 1. The van der Waals surface area contributed by atoms with E-state index in [0.29, 0.717) is 13.0 Å². The molecule has 0 aromatic heterocycles. The van der Waals surface area contributed by atoms with Crippen molar-refractivity contribution in [2.24, 2.45) is 0 Å². The fourth-order valence-corrected chi connectivity index (χ4v) is 1.88. The van der Waals surface area contributed by atoms with E-state index in [1.165, 1.54) is 5.56 Å². The molecular formula is C17H18O2. The molecule has 0 unspecified atom stereocenters. The maximum Gasteiger partial charge on any atom is 0.120 e. The molecule has 0 atom stereocenters. The summed E-state index contributed by atoms with van der Waals surface area (Å²) in [6.45, 7) is 0.589. The van der Waals surface area contributed by atoms with Crippen molar-refractivity contribution in [3.63, 3.8) is 0 Å². The lowest BCUT2D eigenvalue weighted by molar-refractivity contribution is -0.107. The molecule has 0 aliphatic heterocycles. The standard InChI is InChI=1S/C17H18O2/c18-13-5-4-6-15-9-11-17(12-10-15)19-14-16-7-2-1-3-8-16/h1-3,7-13H,4-6,14H2. The van der Waals surface area contributed by atoms with Crippen LogP contribution in [0.1, 0.15) is 24.0 Å². The first-order chi connectivity index (χ1) is 9.38. The van der Waals surface area contributed by atoms with E-state index in [4.69, 9.17) is 4.74 Å². The third kappa shape index (κ3) is 4.59. The zero-order valence-electron chi connectivity index (χ0n) is 10.9. The number of rotatable bonds is 7. The molecule has 0 aliphatic rings. The molecule has 0 N–H and O–H groups in total. The average Bonchev–Trinajstić information content (AvgIpc) is 2.48. The molecule has 2 rings (SSSR count). The first-order valence-corrected chi connectivity index (χ1v) is 6.58. The van der Waals surface area contributed by atoms with Crippen LogP contribution in [0.4, 0.5) is 0 Å². The number of ether oxygens (including phenoxy) is 1. The van der Waals surface area contributed by atoms with Gasteiger partial charge in [-0.25, -0.2) is 0 Å². The van der Waals surface area contributed by atoms with Crippen LogP contribution in [0.5, 0.6) is 5.75 Å². The van der Waals surface area contributed by atoms with Crippen LogP contribution < -0.4 is 4.74 Å². The van der Waals surface area contributed by atoms with E-state index in [-0.39, 0.29) is 0 Å². The van der Waals surface area contributed by atoms with Crippen molar-refractivity contribution in [2.45, 2.75) is 25.9 Å². The Kier molecular flexibility index (Phi) is 5.17. The number of hydrogen-bond donors (Lipinski definition) is 0. The van der Waals surface area contributed by atoms with Crippen molar-refractivity contribution in [1.29, 1.82) is 0 Å². The smallest absolute Gasteiger partial charge is 0.120 e. The predicted molar refractivity (Wildman–Crippen MR) is 76.2 cm³/mol. The summed E-state index contributed by atoms with van der Waals surface area (Å²) in [5.41, 5.74) is 2.41. The highest BCUT2D eigenvalue weighted by molar-refractivity contribution is 5.49. The Bertz CT molecular complexity index is 488. The summed E-state index contributed by atoms with van der Waals surface area (Å²) in [7, 11) is 0. The van der Waals surface area contributed by atoms with Gasteiger partial charge in [0, 0.05) is 6.42 Å². The lowest BCUT2D eigenvalue weighted by Crippen LogP contribution is -1.95. The van der Waals surface area contributed by atoms with Crippen molar-refractivity contribution < 1.29 is 9.53 Å². The molecule has 0 bridgehead atoms. The average molecular weight is 254 g/mol. The van der Waals surface area contributed by atoms with Crippen LogP contribution in [0, 0.1) is 0 Å². The van der Waals surface area contributed by atoms with Crippen LogP contribution in [0.25, 0.3) is 0 Å². The monoisotopic (exact) mass is 254 g/mol. The molecule has 19 heavy (non-hydrogen) atoms. The Balaban J connectivity index is 1.83. The minimum Gasteiger partial charge on any atom is -0.489 e. The highest BCUT2D eigenvalue weighted by Crippen LogP contribution is 2.15. The SMILES string of the molecule is O=CCCCc1ccc(OCc2ccccc2)cc1. The Hall–Kier alpha value is -2.09. The fourth-order valence-electron chi connectivity index (χ4n) is 1.88. The maximum atomic E-state index is 10.2. The highest BCUT2D eigenvalue weighted by Gasteiger charge is 1.97. The van der Waals surface area contributed by atoms with Gasteiger partial charge in [0.1, 0.15) is 18.6 Å². The zero-order valence-corrected chi connectivity index (χ0v) is 10.9. The van der Waals surface area contributed by atoms with Gasteiger partial charge < -0.3 is 9.53 Å². The number of benzene rings is 2. The summed E-state index contributed by atoms with van der Waals surface area (Å²) in [5.74, 6) is 0.878. The number of aryl methyl sites for hydroxylation is 1. The molecule has 2 aromatic rings. The first-order valence-electron chi connectivity index (χ1n) is 6.58. The maximum absolute atomic E-state index is 10.2. The van der Waals surface area contributed by atoms with Gasteiger partial charge in [0.05, 0.1) is 0 Å². The Labute approximate surface area is 114 Å². The third-order valence-corrected chi connectivity index (χ3v) is 2.96. The van der Waals surface area contributed by atoms with E-state index in [9.17, 15) is 4.79 Å². The molecule has 0 heterocycles. The summed E-state index contributed by atoms with van der Waals surface area (Å²) in [6, 6.07) is 18.2. The number of aldehydes is 1. The first kappa shape index (κ1) is 13.3. The molecule has 2 heteroatoms. The second-order valence-corrected chi connectivity index (χ2v) is 4.48. The molecule has 0 saturated carbocycles. The molecule has 2 aromatic carbocycles. The topological polar surface area (TPSA) is 26.3 Å². The molecular weight excluding hydrogens is 236 g/mol. The molecule has 0 spiro atoms. The molecule has 2 nitrogen and oxygen atoms in total. The lowest BCUT2D eigenvalue weighted by Gasteiger charge is -2.07. The summed E-state index contributed by atoms with van der Waals surface area (Å²) in [4.78, 5) is 10.2. The molecule has 0 radical (unpaired) electrons. The van der Waals surface area contributed by atoms with Crippen LogP contribution in [-0.4, -0.2) is 6.29 Å². The van der Waals surface area contributed by atoms with Crippen LogP contribution >= 0.6 is 0 Å². The quantitative estimate of drug-likeness (QED) is 0.555. The second kappa shape index (κ2) is 7.37. The number of carbonyl (C=O) groups excluding carboxylic acids is 1. The summed E-state index contributed by atoms with van der Waals surface area (Å²) < 4.78 is 5.72. The van der Waals surface area contributed by atoms with E-state index in [1.54, 1.807) is 0 Å². The highest BCUT2D eigenvalue weighted by atomic mass is 16.5. The van der Waals surface area contributed by atoms with Crippen LogP contribution in [0.15, 0.2) is 54.6 Å². The van der Waals surface area contributed by atoms with Gasteiger partial charge in [0.2, 0.25) is 0 Å². The molecule has 0 aliphatic carbocycles. The van der Waals surface area contributed by atoms with Crippen molar-refractivity contribution in [3.8, 4) is 5.75 Å². The van der Waals surface area contributed by atoms with Gasteiger partial charge in [-0.1, -0.05) is 42.5 Å². The van der Waals surface area contributed by atoms with Gasteiger partial charge in [0.25, 0.3) is 0 Å². The van der Waals surface area contributed by atoms with Crippen molar-refractivity contribution in [2.75, 3.05) is 0 Å². The Morgan fingerprint density at radius 2 is 1.63 bits per heavy atom. The largest absolute Gasteiger partial charge is 0.489 e. The number of hydrogen-bond acceptors (Lipinski definition) is 2. The molecule has 0 amide bonds. The van der Waals surface area contributed by atoms with Crippen LogP contribution in [0.3, 0.4) is 0 Å². The lowest BCUT2D eigenvalue weighted by atomic mass is 10.1. The van der Waals surface area contributed by atoms with E-state index >= 15 is 0 Å². The summed E-state index contributed by atoms with van der Waals surface area (Å²) in [6.07, 6.45) is 3.45. The van der Waals surface area contributed by atoms with Crippen LogP contribution in [-0.2, 0) is 17.8 Å². The predicted octanol–water partition coefficient (Wildman–Crippen LogP) is 3.79. The molecule has 0 fully saturated rings. The van der Waals surface area contributed by atoms with Gasteiger partial charge in [-0.15, -0.1) is 0 Å². The molecule has 0 saturated heterocycles. The zero-order chi connectivity index (χ0) is 13.3. The van der Waals surface area contributed by atoms with E-state index in [2.05, 4.69) is 12.1 Å². The van der Waals surface area contributed by atoms with E-state index < -0.39 is 0 Å². The second-order valence-electron chi connectivity index (χ2n) is 4.48. The van der Waals surface area contributed by atoms with Gasteiger partial charge >= 0.3 is 0 Å². The summed E-state index contributed by atoms with van der Waals surface area (Å²) >= 11 is 0. The fraction of sp³-hybridized carbons (Fsp3) is 0.235. The van der Waals surface area contributed by atoms with Crippen molar-refractivity contribution in [3.05, 3.63) is 65.7 Å². The normalized spacial score (nSPS) is 10.1. The van der Waals surface area contributed by atoms with E-state index in [1.807, 2.05) is 42.5 Å².